The number of rotatable bonds is 4. The Morgan fingerprint density at radius 2 is 1.61 bits per heavy atom. The molecule has 0 saturated heterocycles. The van der Waals surface area contributed by atoms with E-state index in [9.17, 15) is 18.8 Å². The van der Waals surface area contributed by atoms with E-state index in [4.69, 9.17) is 0 Å². The summed E-state index contributed by atoms with van der Waals surface area (Å²) in [5, 5.41) is 1.95. The molecule has 3 aromatic carbocycles. The lowest BCUT2D eigenvalue weighted by Crippen LogP contribution is -2.42. The summed E-state index contributed by atoms with van der Waals surface area (Å²) in [4.78, 5) is 46.3. The Kier molecular flexibility index (Phi) is 6.03. The van der Waals surface area contributed by atoms with Crippen LogP contribution in [0.15, 0.2) is 78.2 Å². The van der Waals surface area contributed by atoms with E-state index in [0.717, 1.165) is 16.9 Å². The van der Waals surface area contributed by atoms with Gasteiger partial charge in [-0.2, -0.15) is 0 Å². The number of fused-ring (bicyclic) bond motifs is 1. The number of hydrogen-bond acceptors (Lipinski definition) is 5. The first kappa shape index (κ1) is 23.3. The Hall–Kier alpha value is -4.43. The van der Waals surface area contributed by atoms with Gasteiger partial charge in [0, 0.05) is 23.4 Å². The molecule has 0 aliphatic carbocycles. The predicted molar refractivity (Wildman–Crippen MR) is 139 cm³/mol. The third-order valence-electron chi connectivity index (χ3n) is 5.84. The minimum Gasteiger partial charge on any atom is -0.274 e. The zero-order chi connectivity index (χ0) is 25.4. The van der Waals surface area contributed by atoms with Gasteiger partial charge in [-0.15, -0.1) is 11.3 Å². The number of aromatic nitrogens is 1. The molecule has 6 nitrogen and oxygen atoms in total. The van der Waals surface area contributed by atoms with Crippen molar-refractivity contribution in [3.05, 3.63) is 106 Å². The van der Waals surface area contributed by atoms with Crippen LogP contribution in [0.1, 0.15) is 34.1 Å². The van der Waals surface area contributed by atoms with Gasteiger partial charge in [-0.25, -0.2) is 14.3 Å². The van der Waals surface area contributed by atoms with Crippen LogP contribution in [0.4, 0.5) is 20.9 Å². The average molecular weight is 498 g/mol. The van der Waals surface area contributed by atoms with Crippen molar-refractivity contribution in [2.45, 2.75) is 13.8 Å². The summed E-state index contributed by atoms with van der Waals surface area (Å²) in [7, 11) is 0. The Bertz CT molecular complexity index is 1560. The second-order valence-corrected chi connectivity index (χ2v) is 9.03. The lowest BCUT2D eigenvalue weighted by atomic mass is 9.92. The summed E-state index contributed by atoms with van der Waals surface area (Å²) in [6.45, 7) is 3.17. The van der Waals surface area contributed by atoms with Crippen LogP contribution in [0.3, 0.4) is 0 Å². The number of halogens is 1. The van der Waals surface area contributed by atoms with E-state index in [1.165, 1.54) is 28.9 Å². The van der Waals surface area contributed by atoms with Gasteiger partial charge in [0.25, 0.3) is 11.8 Å². The number of thiazole rings is 1. The second-order valence-electron chi connectivity index (χ2n) is 8.20. The van der Waals surface area contributed by atoms with Crippen LogP contribution in [-0.4, -0.2) is 22.7 Å². The molecule has 0 fully saturated rings. The molecule has 0 bridgehead atoms. The van der Waals surface area contributed by atoms with Crippen LogP contribution in [0.25, 0.3) is 11.6 Å². The standard InChI is InChI=1S/C28H20FN3O3S/c1-17-9-3-7-13-24(17)32-26(34)21-11-5-4-10-20(21)22(27(32)35)15-19-16-36-28(30-19)31(18(2)33)25-14-8-6-12-23(25)29/h3-16H,1-2H3/b22-15-. The second kappa shape index (κ2) is 9.31. The first-order valence-corrected chi connectivity index (χ1v) is 12.0. The van der Waals surface area contributed by atoms with Gasteiger partial charge in [0.15, 0.2) is 5.13 Å². The van der Waals surface area contributed by atoms with Gasteiger partial charge < -0.3 is 0 Å². The fraction of sp³-hybridized carbons (Fsp3) is 0.0714. The molecule has 4 aromatic rings. The Balaban J connectivity index is 1.61. The van der Waals surface area contributed by atoms with Gasteiger partial charge in [-0.05, 0) is 42.8 Å². The van der Waals surface area contributed by atoms with E-state index in [-0.39, 0.29) is 10.8 Å². The van der Waals surface area contributed by atoms with E-state index in [2.05, 4.69) is 4.98 Å². The number of amides is 3. The van der Waals surface area contributed by atoms with E-state index in [1.54, 1.807) is 60.0 Å². The molecule has 1 aliphatic rings. The Morgan fingerprint density at radius 3 is 2.33 bits per heavy atom. The number of carbonyl (C=O) groups is 3. The topological polar surface area (TPSA) is 70.6 Å². The number of para-hydroxylation sites is 2. The molecule has 0 radical (unpaired) electrons. The molecule has 178 valence electrons. The molecule has 8 heteroatoms. The first-order chi connectivity index (χ1) is 17.4. The highest BCUT2D eigenvalue weighted by Crippen LogP contribution is 2.36. The molecule has 3 amide bonds. The third-order valence-corrected chi connectivity index (χ3v) is 6.69. The van der Waals surface area contributed by atoms with Crippen molar-refractivity contribution in [2.24, 2.45) is 0 Å². The maximum atomic E-state index is 14.4. The van der Waals surface area contributed by atoms with Crippen LogP contribution >= 0.6 is 11.3 Å². The highest BCUT2D eigenvalue weighted by Gasteiger charge is 2.36. The van der Waals surface area contributed by atoms with Gasteiger partial charge in [0.05, 0.1) is 22.6 Å². The first-order valence-electron chi connectivity index (χ1n) is 11.1. The highest BCUT2D eigenvalue weighted by atomic mass is 32.1. The van der Waals surface area contributed by atoms with Crippen molar-refractivity contribution in [1.29, 1.82) is 0 Å². The average Bonchev–Trinajstić information content (AvgIpc) is 3.32. The molecule has 0 saturated carbocycles. The Labute approximate surface area is 210 Å². The van der Waals surface area contributed by atoms with E-state index in [0.29, 0.717) is 28.1 Å². The fourth-order valence-corrected chi connectivity index (χ4v) is 5.00. The van der Waals surface area contributed by atoms with Crippen LogP contribution < -0.4 is 9.80 Å². The SMILES string of the molecule is CC(=O)N(c1nc(/C=C2\C(=O)N(c3ccccc3C)C(=O)c3ccccc32)cs1)c1ccccc1F. The van der Waals surface area contributed by atoms with E-state index in [1.807, 2.05) is 19.1 Å². The molecule has 2 heterocycles. The van der Waals surface area contributed by atoms with Gasteiger partial charge in [0.1, 0.15) is 5.82 Å². The fourth-order valence-electron chi connectivity index (χ4n) is 4.16. The predicted octanol–water partition coefficient (Wildman–Crippen LogP) is 6.00. The quantitative estimate of drug-likeness (QED) is 0.256. The van der Waals surface area contributed by atoms with Crippen LogP contribution in [-0.2, 0) is 9.59 Å². The molecule has 0 atom stereocenters. The number of imide groups is 1. The maximum Gasteiger partial charge on any atom is 0.266 e. The summed E-state index contributed by atoms with van der Waals surface area (Å²) in [6.07, 6.45) is 1.60. The smallest absolute Gasteiger partial charge is 0.266 e. The summed E-state index contributed by atoms with van der Waals surface area (Å²) >= 11 is 1.15. The molecule has 0 N–H and O–H groups in total. The number of benzene rings is 3. The zero-order valence-corrected chi connectivity index (χ0v) is 20.3. The molecular weight excluding hydrogens is 477 g/mol. The van der Waals surface area contributed by atoms with Crippen molar-refractivity contribution in [2.75, 3.05) is 9.80 Å². The molecule has 0 unspecified atom stereocenters. The number of nitrogens with zero attached hydrogens (tertiary/aromatic N) is 3. The normalized spacial score (nSPS) is 14.2. The zero-order valence-electron chi connectivity index (χ0n) is 19.4. The van der Waals surface area contributed by atoms with Gasteiger partial charge in [-0.3, -0.25) is 19.3 Å². The molecule has 5 rings (SSSR count). The van der Waals surface area contributed by atoms with Crippen molar-refractivity contribution < 1.29 is 18.8 Å². The van der Waals surface area contributed by atoms with Crippen molar-refractivity contribution >= 4 is 57.2 Å². The van der Waals surface area contributed by atoms with E-state index < -0.39 is 23.5 Å². The summed E-state index contributed by atoms with van der Waals surface area (Å²) in [5.74, 6) is -1.82. The lowest BCUT2D eigenvalue weighted by Gasteiger charge is -2.29. The van der Waals surface area contributed by atoms with Crippen molar-refractivity contribution in [1.82, 2.24) is 4.98 Å². The molecular formula is C28H20FN3O3S. The number of anilines is 3. The highest BCUT2D eigenvalue weighted by molar-refractivity contribution is 7.14. The monoisotopic (exact) mass is 497 g/mol. The van der Waals surface area contributed by atoms with Gasteiger partial charge in [-0.1, -0.05) is 48.5 Å². The van der Waals surface area contributed by atoms with Crippen molar-refractivity contribution in [3.63, 3.8) is 0 Å². The van der Waals surface area contributed by atoms with Crippen LogP contribution in [0.5, 0.6) is 0 Å². The summed E-state index contributed by atoms with van der Waals surface area (Å²) in [6, 6.07) is 20.1. The minimum atomic E-state index is -0.549. The van der Waals surface area contributed by atoms with Crippen molar-refractivity contribution in [3.8, 4) is 0 Å². The molecule has 1 aliphatic heterocycles. The summed E-state index contributed by atoms with van der Waals surface area (Å²) < 4.78 is 14.4. The third kappa shape index (κ3) is 4.01. The lowest BCUT2D eigenvalue weighted by molar-refractivity contribution is -0.116. The Morgan fingerprint density at radius 1 is 0.944 bits per heavy atom. The number of aryl methyl sites for hydroxylation is 1. The molecule has 36 heavy (non-hydrogen) atoms. The number of hydrogen-bond donors (Lipinski definition) is 0. The molecule has 0 spiro atoms. The largest absolute Gasteiger partial charge is 0.274 e. The minimum absolute atomic E-state index is 0.0916. The number of carbonyl (C=O) groups excluding carboxylic acids is 3. The van der Waals surface area contributed by atoms with Crippen LogP contribution in [0, 0.1) is 12.7 Å². The van der Waals surface area contributed by atoms with Gasteiger partial charge >= 0.3 is 0 Å². The maximum absolute atomic E-state index is 14.4. The summed E-state index contributed by atoms with van der Waals surface area (Å²) in [5.41, 5.74) is 3.00. The molecule has 1 aromatic heterocycles. The van der Waals surface area contributed by atoms with Crippen LogP contribution in [0.2, 0.25) is 0 Å². The van der Waals surface area contributed by atoms with E-state index >= 15 is 0 Å². The van der Waals surface area contributed by atoms with Gasteiger partial charge in [0.2, 0.25) is 5.91 Å².